The van der Waals surface area contributed by atoms with E-state index in [0.717, 1.165) is 11.1 Å². The van der Waals surface area contributed by atoms with Crippen LogP contribution in [0.5, 0.6) is 0 Å². The van der Waals surface area contributed by atoms with Gasteiger partial charge in [0.25, 0.3) is 0 Å². The van der Waals surface area contributed by atoms with Crippen molar-refractivity contribution in [2.45, 2.75) is 32.9 Å². The normalized spacial score (nSPS) is 22.2. The van der Waals surface area contributed by atoms with E-state index in [1.165, 1.54) is 6.92 Å². The topological polar surface area (TPSA) is 46.6 Å². The van der Waals surface area contributed by atoms with Gasteiger partial charge in [-0.05, 0) is 31.1 Å². The quantitative estimate of drug-likeness (QED) is 0.321. The molecule has 144 valence electrons. The third-order valence-corrected chi connectivity index (χ3v) is 5.18. The van der Waals surface area contributed by atoms with E-state index < -0.39 is 5.54 Å². The molecule has 2 aromatic carbocycles. The van der Waals surface area contributed by atoms with E-state index in [9.17, 15) is 9.59 Å². The van der Waals surface area contributed by atoms with Gasteiger partial charge in [-0.3, -0.25) is 9.59 Å². The number of ether oxygens (including phenoxy) is 1. The average molecular weight is 375 g/mol. The SMILES string of the molecule is CC(=O)O/C(C)=C/C=C\[C@H]1C(=O)N(Cc2ccccc2)[C@]1(C)c1ccccc1. The van der Waals surface area contributed by atoms with Crippen LogP contribution in [0.4, 0.5) is 0 Å². The molecule has 0 radical (unpaired) electrons. The third kappa shape index (κ3) is 3.91. The molecule has 1 aliphatic rings. The van der Waals surface area contributed by atoms with E-state index in [2.05, 4.69) is 19.1 Å². The first-order valence-electron chi connectivity index (χ1n) is 9.37. The van der Waals surface area contributed by atoms with Crippen molar-refractivity contribution in [1.82, 2.24) is 4.90 Å². The number of likely N-dealkylation sites (tertiary alicyclic amines) is 1. The van der Waals surface area contributed by atoms with Crippen LogP contribution in [0, 0.1) is 5.92 Å². The number of hydrogen-bond donors (Lipinski definition) is 0. The monoisotopic (exact) mass is 375 g/mol. The first-order valence-corrected chi connectivity index (χ1v) is 9.37. The van der Waals surface area contributed by atoms with Crippen molar-refractivity contribution in [1.29, 1.82) is 0 Å². The van der Waals surface area contributed by atoms with E-state index in [-0.39, 0.29) is 17.8 Å². The van der Waals surface area contributed by atoms with E-state index in [0.29, 0.717) is 12.3 Å². The lowest BCUT2D eigenvalue weighted by molar-refractivity contribution is -0.167. The minimum absolute atomic E-state index is 0.0880. The Morgan fingerprint density at radius 3 is 2.29 bits per heavy atom. The van der Waals surface area contributed by atoms with Crippen LogP contribution >= 0.6 is 0 Å². The van der Waals surface area contributed by atoms with Gasteiger partial charge in [-0.1, -0.05) is 72.8 Å². The van der Waals surface area contributed by atoms with E-state index in [1.807, 2.05) is 59.5 Å². The van der Waals surface area contributed by atoms with Crippen LogP contribution in [0.3, 0.4) is 0 Å². The van der Waals surface area contributed by atoms with Crippen molar-refractivity contribution >= 4 is 11.9 Å². The molecular formula is C24H25NO3. The number of carbonyl (C=O) groups is 2. The van der Waals surface area contributed by atoms with E-state index in [1.54, 1.807) is 19.1 Å². The Balaban J connectivity index is 1.87. The zero-order valence-electron chi connectivity index (χ0n) is 16.5. The molecule has 0 aliphatic carbocycles. The van der Waals surface area contributed by atoms with Crippen molar-refractivity contribution in [3.05, 3.63) is 95.8 Å². The summed E-state index contributed by atoms with van der Waals surface area (Å²) < 4.78 is 5.02. The largest absolute Gasteiger partial charge is 0.432 e. The van der Waals surface area contributed by atoms with Gasteiger partial charge in [-0.25, -0.2) is 0 Å². The van der Waals surface area contributed by atoms with Crippen LogP contribution in [0.2, 0.25) is 0 Å². The number of allylic oxidation sites excluding steroid dienone is 3. The predicted octanol–water partition coefficient (Wildman–Crippen LogP) is 4.58. The summed E-state index contributed by atoms with van der Waals surface area (Å²) in [6.45, 7) is 5.75. The summed E-state index contributed by atoms with van der Waals surface area (Å²) in [5.74, 6) is -0.0481. The highest BCUT2D eigenvalue weighted by Crippen LogP contribution is 2.47. The van der Waals surface area contributed by atoms with Crippen molar-refractivity contribution in [3.63, 3.8) is 0 Å². The number of β-lactam (4-membered cyclic amide) rings is 1. The maximum absolute atomic E-state index is 13.0. The number of hydrogen-bond acceptors (Lipinski definition) is 3. The van der Waals surface area contributed by atoms with Gasteiger partial charge in [0.2, 0.25) is 5.91 Å². The zero-order valence-corrected chi connectivity index (χ0v) is 16.5. The maximum Gasteiger partial charge on any atom is 0.307 e. The minimum atomic E-state index is -0.437. The molecule has 0 aromatic heterocycles. The molecule has 1 aliphatic heterocycles. The van der Waals surface area contributed by atoms with Gasteiger partial charge in [0, 0.05) is 13.5 Å². The molecule has 2 aromatic rings. The number of benzene rings is 2. The van der Waals surface area contributed by atoms with Crippen molar-refractivity contribution in [3.8, 4) is 0 Å². The van der Waals surface area contributed by atoms with Gasteiger partial charge >= 0.3 is 5.97 Å². The van der Waals surface area contributed by atoms with Crippen LogP contribution in [0.1, 0.15) is 31.9 Å². The molecular weight excluding hydrogens is 350 g/mol. The summed E-state index contributed by atoms with van der Waals surface area (Å²) in [6, 6.07) is 20.1. The summed E-state index contributed by atoms with van der Waals surface area (Å²) >= 11 is 0. The highest BCUT2D eigenvalue weighted by molar-refractivity contribution is 5.90. The van der Waals surface area contributed by atoms with Crippen LogP contribution in [-0.4, -0.2) is 16.8 Å². The fourth-order valence-corrected chi connectivity index (χ4v) is 3.69. The molecule has 2 atom stereocenters. The number of rotatable bonds is 6. The summed E-state index contributed by atoms with van der Waals surface area (Å²) in [7, 11) is 0. The van der Waals surface area contributed by atoms with Crippen molar-refractivity contribution < 1.29 is 14.3 Å². The fraction of sp³-hybridized carbons (Fsp3) is 0.250. The number of amides is 1. The Hall–Kier alpha value is -3.14. The molecule has 1 heterocycles. The molecule has 1 amide bonds. The summed E-state index contributed by atoms with van der Waals surface area (Å²) in [5, 5.41) is 0. The van der Waals surface area contributed by atoms with Crippen molar-refractivity contribution in [2.24, 2.45) is 5.92 Å². The van der Waals surface area contributed by atoms with Gasteiger partial charge in [0.15, 0.2) is 0 Å². The molecule has 0 bridgehead atoms. The van der Waals surface area contributed by atoms with Gasteiger partial charge in [0.1, 0.15) is 5.76 Å². The zero-order chi connectivity index (χ0) is 20.1. The number of nitrogens with zero attached hydrogens (tertiary/aromatic N) is 1. The molecule has 1 saturated heterocycles. The minimum Gasteiger partial charge on any atom is -0.432 e. The van der Waals surface area contributed by atoms with E-state index in [4.69, 9.17) is 4.74 Å². The Morgan fingerprint density at radius 2 is 1.68 bits per heavy atom. The van der Waals surface area contributed by atoms with E-state index >= 15 is 0 Å². The predicted molar refractivity (Wildman–Crippen MR) is 109 cm³/mol. The molecule has 3 rings (SSSR count). The lowest BCUT2D eigenvalue weighted by Crippen LogP contribution is -2.65. The first kappa shape index (κ1) is 19.6. The molecule has 0 unspecified atom stereocenters. The van der Waals surface area contributed by atoms with Crippen LogP contribution < -0.4 is 0 Å². The lowest BCUT2D eigenvalue weighted by atomic mass is 9.69. The fourth-order valence-electron chi connectivity index (χ4n) is 3.69. The molecule has 28 heavy (non-hydrogen) atoms. The number of carbonyl (C=O) groups excluding carboxylic acids is 2. The van der Waals surface area contributed by atoms with Crippen LogP contribution in [0.15, 0.2) is 84.7 Å². The maximum atomic E-state index is 13.0. The molecule has 0 N–H and O–H groups in total. The summed E-state index contributed by atoms with van der Waals surface area (Å²) in [4.78, 5) is 25.9. The second-order valence-electron chi connectivity index (χ2n) is 7.16. The Bertz CT molecular complexity index is 902. The average Bonchev–Trinajstić information content (AvgIpc) is 2.70. The van der Waals surface area contributed by atoms with Crippen LogP contribution in [0.25, 0.3) is 0 Å². The molecule has 0 saturated carbocycles. The molecule has 0 spiro atoms. The second kappa shape index (κ2) is 8.26. The highest BCUT2D eigenvalue weighted by atomic mass is 16.5. The summed E-state index contributed by atoms with van der Waals surface area (Å²) in [6.07, 6.45) is 5.39. The molecule has 4 heteroatoms. The Morgan fingerprint density at radius 1 is 1.07 bits per heavy atom. The highest BCUT2D eigenvalue weighted by Gasteiger charge is 2.56. The second-order valence-corrected chi connectivity index (χ2v) is 7.16. The lowest BCUT2D eigenvalue weighted by Gasteiger charge is -2.55. The first-order chi connectivity index (χ1) is 13.4. The Kier molecular flexibility index (Phi) is 5.78. The van der Waals surface area contributed by atoms with Gasteiger partial charge in [0.05, 0.1) is 11.5 Å². The van der Waals surface area contributed by atoms with Crippen LogP contribution in [-0.2, 0) is 26.4 Å². The molecule has 4 nitrogen and oxygen atoms in total. The third-order valence-electron chi connectivity index (χ3n) is 5.18. The number of esters is 1. The van der Waals surface area contributed by atoms with Gasteiger partial charge in [-0.15, -0.1) is 0 Å². The summed E-state index contributed by atoms with van der Waals surface area (Å²) in [5.41, 5.74) is 1.76. The molecule has 1 fully saturated rings. The van der Waals surface area contributed by atoms with Gasteiger partial charge < -0.3 is 9.64 Å². The Labute approximate surface area is 166 Å². The smallest absolute Gasteiger partial charge is 0.307 e. The van der Waals surface area contributed by atoms with Crippen molar-refractivity contribution in [2.75, 3.05) is 0 Å². The van der Waals surface area contributed by atoms with Gasteiger partial charge in [-0.2, -0.15) is 0 Å². The standard InChI is InChI=1S/C24H25NO3/c1-18(28-19(2)26)11-10-16-22-23(27)25(17-20-12-6-4-7-13-20)24(22,3)21-14-8-5-9-15-21/h4-16,22H,17H2,1-3H3/b16-10-,18-11+/t22-,24+/m0/s1.